The number of fused-ring (bicyclic) bond motifs is 1. The minimum atomic E-state index is 0.339. The molecule has 0 aliphatic carbocycles. The number of nitrogens with one attached hydrogen (secondary N) is 1. The molecule has 2 rings (SSSR count). The quantitative estimate of drug-likeness (QED) is 0.710. The fourth-order valence-electron chi connectivity index (χ4n) is 2.62. The van der Waals surface area contributed by atoms with E-state index in [9.17, 15) is 4.79 Å². The van der Waals surface area contributed by atoms with E-state index in [1.807, 2.05) is 6.92 Å². The molecule has 0 atom stereocenters. The molecule has 0 bridgehead atoms. The molecule has 1 aromatic rings. The van der Waals surface area contributed by atoms with Gasteiger partial charge in [0.05, 0.1) is 0 Å². The third kappa shape index (κ3) is 5.46. The number of aryl methyl sites for hydroxylation is 2. The van der Waals surface area contributed by atoms with Crippen molar-refractivity contribution in [3.8, 4) is 0 Å². The van der Waals surface area contributed by atoms with Gasteiger partial charge in [0.1, 0.15) is 11.6 Å². The molecule has 0 spiro atoms. The van der Waals surface area contributed by atoms with E-state index in [4.69, 9.17) is 4.74 Å². The Morgan fingerprint density at radius 1 is 1.33 bits per heavy atom. The van der Waals surface area contributed by atoms with Crippen molar-refractivity contribution < 1.29 is 9.53 Å². The van der Waals surface area contributed by atoms with Gasteiger partial charge in [-0.1, -0.05) is 6.07 Å². The van der Waals surface area contributed by atoms with Crippen molar-refractivity contribution in [2.24, 2.45) is 0 Å². The molecular formula is C17H26N2O2. The number of Topliss-reactive ketones (excluding diaryl/α,β-unsaturated/α-hetero) is 1. The van der Waals surface area contributed by atoms with E-state index in [1.165, 1.54) is 12.0 Å². The van der Waals surface area contributed by atoms with E-state index in [2.05, 4.69) is 22.4 Å². The first kappa shape index (κ1) is 16.0. The second kappa shape index (κ2) is 8.78. The molecule has 0 fully saturated rings. The molecule has 0 unspecified atom stereocenters. The van der Waals surface area contributed by atoms with Crippen molar-refractivity contribution in [3.05, 3.63) is 23.4 Å². The molecule has 1 aliphatic heterocycles. The Morgan fingerprint density at radius 3 is 3.05 bits per heavy atom. The van der Waals surface area contributed by atoms with E-state index >= 15 is 0 Å². The molecule has 21 heavy (non-hydrogen) atoms. The van der Waals surface area contributed by atoms with Crippen LogP contribution in [-0.2, 0) is 22.4 Å². The number of ether oxygens (including phenoxy) is 1. The molecule has 116 valence electrons. The third-order valence-electron chi connectivity index (χ3n) is 3.79. The summed E-state index contributed by atoms with van der Waals surface area (Å²) in [5.74, 6) is 1.38. The highest BCUT2D eigenvalue weighted by atomic mass is 16.5. The molecule has 4 nitrogen and oxygen atoms in total. The van der Waals surface area contributed by atoms with Gasteiger partial charge in [-0.15, -0.1) is 0 Å². The molecule has 4 heteroatoms. The van der Waals surface area contributed by atoms with Crippen LogP contribution >= 0.6 is 0 Å². The maximum absolute atomic E-state index is 11.7. The lowest BCUT2D eigenvalue weighted by Gasteiger charge is -2.17. The van der Waals surface area contributed by atoms with Gasteiger partial charge in [0.15, 0.2) is 0 Å². The summed E-state index contributed by atoms with van der Waals surface area (Å²) in [5, 5.41) is 3.35. The molecule has 0 radical (unpaired) electrons. The highest BCUT2D eigenvalue weighted by molar-refractivity contribution is 5.78. The van der Waals surface area contributed by atoms with Crippen LogP contribution < -0.4 is 5.32 Å². The lowest BCUT2D eigenvalue weighted by Crippen LogP contribution is -2.14. The van der Waals surface area contributed by atoms with Crippen LogP contribution in [0.2, 0.25) is 0 Å². The van der Waals surface area contributed by atoms with Crippen molar-refractivity contribution in [1.29, 1.82) is 0 Å². The van der Waals surface area contributed by atoms with E-state index < -0.39 is 0 Å². The molecule has 1 aliphatic rings. The van der Waals surface area contributed by atoms with Gasteiger partial charge in [0.2, 0.25) is 0 Å². The number of carbonyl (C=O) groups is 1. The van der Waals surface area contributed by atoms with Gasteiger partial charge in [-0.25, -0.2) is 4.98 Å². The number of pyridine rings is 1. The lowest BCUT2D eigenvalue weighted by atomic mass is 10.0. The van der Waals surface area contributed by atoms with Gasteiger partial charge in [0.25, 0.3) is 0 Å². The summed E-state index contributed by atoms with van der Waals surface area (Å²) in [7, 11) is 0. The minimum Gasteiger partial charge on any atom is -0.382 e. The number of rotatable bonds is 9. The van der Waals surface area contributed by atoms with Crippen molar-refractivity contribution >= 4 is 11.6 Å². The van der Waals surface area contributed by atoms with E-state index in [0.717, 1.165) is 50.3 Å². The predicted molar refractivity (Wildman–Crippen MR) is 84.7 cm³/mol. The average Bonchev–Trinajstić information content (AvgIpc) is 2.51. The van der Waals surface area contributed by atoms with Crippen molar-refractivity contribution in [3.63, 3.8) is 0 Å². The van der Waals surface area contributed by atoms with Crippen LogP contribution in [0.25, 0.3) is 0 Å². The maximum atomic E-state index is 11.7. The Hall–Kier alpha value is -1.42. The van der Waals surface area contributed by atoms with Gasteiger partial charge < -0.3 is 10.1 Å². The Morgan fingerprint density at radius 2 is 2.19 bits per heavy atom. The molecule has 0 amide bonds. The zero-order valence-corrected chi connectivity index (χ0v) is 13.0. The van der Waals surface area contributed by atoms with Crippen molar-refractivity contribution in [1.82, 2.24) is 4.98 Å². The smallest absolute Gasteiger partial charge is 0.133 e. The number of hydrogen-bond acceptors (Lipinski definition) is 4. The number of carbonyl (C=O) groups excluding carboxylic acids is 1. The highest BCUT2D eigenvalue weighted by Crippen LogP contribution is 2.20. The first-order chi connectivity index (χ1) is 10.3. The Labute approximate surface area is 127 Å². The van der Waals surface area contributed by atoms with Crippen molar-refractivity contribution in [2.45, 2.75) is 51.9 Å². The number of ketones is 1. The van der Waals surface area contributed by atoms with Crippen molar-refractivity contribution in [2.75, 3.05) is 25.1 Å². The Kier molecular flexibility index (Phi) is 6.67. The first-order valence-corrected chi connectivity index (χ1v) is 8.11. The standard InChI is InChI=1S/C17H26N2O2/c1-2-21-13-5-9-16(20)8-3-7-15-11-10-14-6-4-12-18-17(14)19-15/h10-11H,2-9,12-13H2,1H3,(H,18,19). The monoisotopic (exact) mass is 290 g/mol. The molecule has 0 saturated heterocycles. The average molecular weight is 290 g/mol. The zero-order valence-electron chi connectivity index (χ0n) is 13.0. The van der Waals surface area contributed by atoms with E-state index in [-0.39, 0.29) is 0 Å². The van der Waals surface area contributed by atoms with Gasteiger partial charge in [0, 0.05) is 38.3 Å². The van der Waals surface area contributed by atoms with Gasteiger partial charge in [-0.05, 0) is 50.7 Å². The zero-order chi connectivity index (χ0) is 14.9. The van der Waals surface area contributed by atoms with E-state index in [1.54, 1.807) is 0 Å². The highest BCUT2D eigenvalue weighted by Gasteiger charge is 2.10. The third-order valence-corrected chi connectivity index (χ3v) is 3.79. The van der Waals surface area contributed by atoms with Gasteiger partial charge in [-0.2, -0.15) is 0 Å². The molecular weight excluding hydrogens is 264 g/mol. The topological polar surface area (TPSA) is 51.2 Å². The van der Waals surface area contributed by atoms with Crippen LogP contribution in [0, 0.1) is 0 Å². The number of anilines is 1. The van der Waals surface area contributed by atoms with Gasteiger partial charge >= 0.3 is 0 Å². The fourth-order valence-corrected chi connectivity index (χ4v) is 2.62. The second-order valence-electron chi connectivity index (χ2n) is 5.53. The van der Waals surface area contributed by atoms with Crippen LogP contribution in [0.3, 0.4) is 0 Å². The Balaban J connectivity index is 1.67. The van der Waals surface area contributed by atoms with Crippen LogP contribution in [0.5, 0.6) is 0 Å². The normalized spacial score (nSPS) is 13.6. The summed E-state index contributed by atoms with van der Waals surface area (Å²) < 4.78 is 5.24. The Bertz CT molecular complexity index is 460. The molecule has 1 aromatic heterocycles. The molecule has 0 aromatic carbocycles. The second-order valence-corrected chi connectivity index (χ2v) is 5.53. The minimum absolute atomic E-state index is 0.339. The molecule has 1 N–H and O–H groups in total. The summed E-state index contributed by atoms with van der Waals surface area (Å²) in [5.41, 5.74) is 2.40. The largest absolute Gasteiger partial charge is 0.382 e. The SMILES string of the molecule is CCOCCCC(=O)CCCc1ccc2c(n1)NCCC2. The summed E-state index contributed by atoms with van der Waals surface area (Å²) in [6.07, 6.45) is 6.20. The summed E-state index contributed by atoms with van der Waals surface area (Å²) in [4.78, 5) is 16.4. The summed E-state index contributed by atoms with van der Waals surface area (Å²) in [6, 6.07) is 4.28. The number of aromatic nitrogens is 1. The number of nitrogens with zero attached hydrogens (tertiary/aromatic N) is 1. The number of hydrogen-bond donors (Lipinski definition) is 1. The van der Waals surface area contributed by atoms with Crippen LogP contribution in [-0.4, -0.2) is 30.5 Å². The summed E-state index contributed by atoms with van der Waals surface area (Å²) >= 11 is 0. The molecule has 0 saturated carbocycles. The maximum Gasteiger partial charge on any atom is 0.133 e. The first-order valence-electron chi connectivity index (χ1n) is 8.11. The lowest BCUT2D eigenvalue weighted by molar-refractivity contribution is -0.119. The van der Waals surface area contributed by atoms with Crippen LogP contribution in [0.4, 0.5) is 5.82 Å². The summed E-state index contributed by atoms with van der Waals surface area (Å²) in [6.45, 7) is 4.41. The fraction of sp³-hybridized carbons (Fsp3) is 0.647. The molecule has 2 heterocycles. The van der Waals surface area contributed by atoms with Crippen LogP contribution in [0.1, 0.15) is 50.3 Å². The van der Waals surface area contributed by atoms with Gasteiger partial charge in [-0.3, -0.25) is 4.79 Å². The van der Waals surface area contributed by atoms with E-state index in [0.29, 0.717) is 25.2 Å². The predicted octanol–water partition coefficient (Wildman–Crippen LogP) is 3.15. The van der Waals surface area contributed by atoms with Crippen LogP contribution in [0.15, 0.2) is 12.1 Å².